The fourth-order valence-corrected chi connectivity index (χ4v) is 15.5. The number of carbonyl (C=O) groups excluding carboxylic acids is 6. The Morgan fingerprint density at radius 3 is 0.847 bits per heavy atom. The van der Waals surface area contributed by atoms with Crippen molar-refractivity contribution in [2.24, 2.45) is 32.5 Å². The van der Waals surface area contributed by atoms with Gasteiger partial charge >= 0.3 is 35.8 Å². The normalized spacial score (nSPS) is 20.6. The maximum Gasteiger partial charge on any atom is 0.311 e. The van der Waals surface area contributed by atoms with Crippen LogP contribution in [0.15, 0.2) is 121 Å². The highest BCUT2D eigenvalue weighted by Crippen LogP contribution is 2.53. The molecule has 0 bridgehead atoms. The molecule has 17 nitrogen and oxygen atoms in total. The number of hydrogen-bond donors (Lipinski definition) is 0. The lowest BCUT2D eigenvalue weighted by atomic mass is 9.59. The van der Waals surface area contributed by atoms with E-state index in [4.69, 9.17) is 52.1 Å². The Bertz CT molecular complexity index is 3600. The molecule has 10 rings (SSSR count). The molecule has 0 heterocycles. The monoisotopic (exact) mass is 1350 g/mol. The van der Waals surface area contributed by atoms with Crippen molar-refractivity contribution in [3.8, 4) is 0 Å². The summed E-state index contributed by atoms with van der Waals surface area (Å²) in [6, 6.07) is 40.1. The number of hydrogen-bond acceptors (Lipinski definition) is 17. The van der Waals surface area contributed by atoms with Gasteiger partial charge in [-0.1, -0.05) is 142 Å². The molecule has 0 N–H and O–H groups in total. The first kappa shape index (κ1) is 73.4. The van der Waals surface area contributed by atoms with Gasteiger partial charge in [0.25, 0.3) is 0 Å². The topological polar surface area (TPSA) is 204 Å². The van der Waals surface area contributed by atoms with Crippen LogP contribution in [0.1, 0.15) is 206 Å². The molecule has 5 aromatic rings. The van der Waals surface area contributed by atoms with Crippen molar-refractivity contribution in [3.63, 3.8) is 0 Å². The summed E-state index contributed by atoms with van der Waals surface area (Å²) >= 11 is 0. The maximum atomic E-state index is 15.8. The number of carbonyl (C=O) groups is 6. The minimum absolute atomic E-state index is 0.0375. The Morgan fingerprint density at radius 1 is 0.306 bits per heavy atom. The minimum atomic E-state index is -1.79. The largest absolute Gasteiger partial charge is 0.465 e. The molecular weight excluding hydrogens is 1240 g/mol. The molecule has 10 atom stereocenters. The fraction of sp³-hybridized carbons (Fsp3) is 0.556. The molecule has 0 fully saturated rings. The van der Waals surface area contributed by atoms with E-state index in [2.05, 4.69) is 30.3 Å². The summed E-state index contributed by atoms with van der Waals surface area (Å²) in [5, 5.41) is 0. The van der Waals surface area contributed by atoms with E-state index in [1.54, 1.807) is 41.5 Å². The van der Waals surface area contributed by atoms with Crippen LogP contribution in [0, 0.1) is 32.5 Å². The lowest BCUT2D eigenvalue weighted by Crippen LogP contribution is -2.49. The fourth-order valence-electron chi connectivity index (χ4n) is 15.5. The van der Waals surface area contributed by atoms with Crippen LogP contribution < -0.4 is 0 Å². The Hall–Kier alpha value is -7.28. The van der Waals surface area contributed by atoms with Crippen LogP contribution in [-0.2, 0) is 113 Å². The van der Waals surface area contributed by atoms with Gasteiger partial charge < -0.3 is 52.1 Å². The summed E-state index contributed by atoms with van der Waals surface area (Å²) in [5.41, 5.74) is 2.36. The summed E-state index contributed by atoms with van der Waals surface area (Å²) in [7, 11) is 0. The quantitative estimate of drug-likeness (QED) is 0.0203. The van der Waals surface area contributed by atoms with Gasteiger partial charge in [-0.3, -0.25) is 28.8 Å². The van der Waals surface area contributed by atoms with Crippen LogP contribution >= 0.6 is 0 Å². The van der Waals surface area contributed by atoms with Gasteiger partial charge in [-0.05, 0) is 155 Å². The van der Waals surface area contributed by atoms with E-state index in [1.807, 2.05) is 112 Å². The summed E-state index contributed by atoms with van der Waals surface area (Å²) in [6.07, 6.45) is 3.66. The summed E-state index contributed by atoms with van der Waals surface area (Å²) < 4.78 is 68.0. The third kappa shape index (κ3) is 17.5. The van der Waals surface area contributed by atoms with E-state index < -0.39 is 62.3 Å². The smallest absolute Gasteiger partial charge is 0.311 e. The molecule has 0 saturated carbocycles. The molecule has 5 aliphatic rings. The van der Waals surface area contributed by atoms with Crippen LogP contribution in [0.4, 0.5) is 0 Å². The van der Waals surface area contributed by atoms with Crippen LogP contribution in [0.3, 0.4) is 0 Å². The number of esters is 6. The molecular formula is C81H102O17. The van der Waals surface area contributed by atoms with Crippen LogP contribution in [0.25, 0.3) is 0 Å². The van der Waals surface area contributed by atoms with E-state index in [-0.39, 0.29) is 141 Å². The van der Waals surface area contributed by atoms with Gasteiger partial charge in [-0.25, -0.2) is 0 Å². The summed E-state index contributed by atoms with van der Waals surface area (Å²) in [6.45, 7) is 15.9. The van der Waals surface area contributed by atoms with Crippen molar-refractivity contribution in [1.29, 1.82) is 0 Å². The second-order valence-corrected chi connectivity index (χ2v) is 29.7. The standard InChI is InChI=1S/C81H102O17/c1-10-35-93-71(83)77(5,11-2)33-22-34-78(6,72(84)95-42-37-89-66-47-56-24-13-18-29-61(56)66)52-80(8,74(86)97-44-39-91-68-49-58-26-15-20-31-63(58)68)54-81(9,75(87)98-45-40-92-69-50-59-27-16-21-32-64(59)69)53-79(7,73(85)96-43-38-90-67-48-57-25-14-19-30-62(57)67)51-76(3,4)70(82)94-41-36-88-65-46-55-23-12-17-28-60(55)65/h12-21,23-32,65-69H,10-11,22,33-54H2,1-9H3. The van der Waals surface area contributed by atoms with Gasteiger partial charge in [0.15, 0.2) is 0 Å². The van der Waals surface area contributed by atoms with Crippen molar-refractivity contribution >= 4 is 35.8 Å². The van der Waals surface area contributed by atoms with Crippen LogP contribution in [0.5, 0.6) is 0 Å². The maximum absolute atomic E-state index is 15.8. The summed E-state index contributed by atoms with van der Waals surface area (Å²) in [4.78, 5) is 90.6. The zero-order valence-corrected chi connectivity index (χ0v) is 59.1. The molecule has 0 aliphatic heterocycles. The third-order valence-electron chi connectivity index (χ3n) is 21.1. The number of fused-ring (bicyclic) bond motifs is 5. The average molecular weight is 1350 g/mol. The Balaban J connectivity index is 0.952. The van der Waals surface area contributed by atoms with Gasteiger partial charge in [-0.15, -0.1) is 0 Å². The first-order valence-electron chi connectivity index (χ1n) is 35.5. The van der Waals surface area contributed by atoms with Gasteiger partial charge in [0, 0.05) is 32.1 Å². The molecule has 0 radical (unpaired) electrons. The second kappa shape index (κ2) is 32.4. The lowest BCUT2D eigenvalue weighted by molar-refractivity contribution is -0.176. The predicted molar refractivity (Wildman–Crippen MR) is 367 cm³/mol. The van der Waals surface area contributed by atoms with Crippen molar-refractivity contribution in [1.82, 2.24) is 0 Å². The van der Waals surface area contributed by atoms with Crippen molar-refractivity contribution in [2.45, 2.75) is 183 Å². The molecule has 0 aromatic heterocycles. The molecule has 0 saturated heterocycles. The minimum Gasteiger partial charge on any atom is -0.465 e. The zero-order valence-electron chi connectivity index (χ0n) is 59.1. The zero-order chi connectivity index (χ0) is 69.7. The highest BCUT2D eigenvalue weighted by Gasteiger charge is 2.56. The molecule has 528 valence electrons. The molecule has 5 aromatic carbocycles. The molecule has 98 heavy (non-hydrogen) atoms. The van der Waals surface area contributed by atoms with Crippen molar-refractivity contribution in [3.05, 3.63) is 177 Å². The first-order chi connectivity index (χ1) is 47.0. The molecule has 5 aliphatic carbocycles. The van der Waals surface area contributed by atoms with Gasteiger partial charge in [0.05, 0.1) is 103 Å². The highest BCUT2D eigenvalue weighted by atomic mass is 16.6. The third-order valence-corrected chi connectivity index (χ3v) is 21.1. The van der Waals surface area contributed by atoms with E-state index in [9.17, 15) is 9.59 Å². The van der Waals surface area contributed by atoms with Gasteiger partial charge in [-0.2, -0.15) is 0 Å². The van der Waals surface area contributed by atoms with Crippen molar-refractivity contribution in [2.75, 3.05) is 72.7 Å². The molecule has 10 unspecified atom stereocenters. The van der Waals surface area contributed by atoms with Gasteiger partial charge in [0.1, 0.15) is 33.0 Å². The molecule has 0 amide bonds. The number of rotatable bonds is 41. The Labute approximate surface area is 578 Å². The first-order valence-corrected chi connectivity index (χ1v) is 35.5. The van der Waals surface area contributed by atoms with Crippen LogP contribution in [0.2, 0.25) is 0 Å². The number of ether oxygens (including phenoxy) is 11. The van der Waals surface area contributed by atoms with Crippen LogP contribution in [-0.4, -0.2) is 108 Å². The Morgan fingerprint density at radius 2 is 0.551 bits per heavy atom. The summed E-state index contributed by atoms with van der Waals surface area (Å²) in [5.74, 6) is -3.76. The molecule has 0 spiro atoms. The SMILES string of the molecule is CCCOC(=O)C(C)(CC)CCCC(C)(CC(C)(CC(C)(CC(C)(CC(C)(C)C(=O)OCCOC1Cc2ccccc21)C(=O)OCCOC1Cc2ccccc21)C(=O)OCCOC1Cc2ccccc21)C(=O)OCCOC1Cc2ccccc21)C(=O)OCCOC1Cc2ccccc21. The van der Waals surface area contributed by atoms with E-state index in [0.717, 1.165) is 40.7 Å². The lowest BCUT2D eigenvalue weighted by Gasteiger charge is -2.44. The Kier molecular flexibility index (Phi) is 24.3. The van der Waals surface area contributed by atoms with E-state index in [1.165, 1.54) is 27.8 Å². The molecule has 17 heteroatoms. The van der Waals surface area contributed by atoms with Gasteiger partial charge in [0.2, 0.25) is 0 Å². The van der Waals surface area contributed by atoms with E-state index in [0.29, 0.717) is 44.9 Å². The average Bonchev–Trinajstić information content (AvgIpc) is 0.768. The van der Waals surface area contributed by atoms with Crippen molar-refractivity contribution < 1.29 is 80.9 Å². The van der Waals surface area contributed by atoms with E-state index >= 15 is 19.2 Å². The predicted octanol–water partition coefficient (Wildman–Crippen LogP) is 14.4. The number of benzene rings is 5. The highest BCUT2D eigenvalue weighted by molar-refractivity contribution is 5.85. The second-order valence-electron chi connectivity index (χ2n) is 29.7.